The zero-order valence-electron chi connectivity index (χ0n) is 12.4. The fourth-order valence-electron chi connectivity index (χ4n) is 2.16. The van der Waals surface area contributed by atoms with Gasteiger partial charge in [0.05, 0.1) is 13.2 Å². The van der Waals surface area contributed by atoms with Crippen molar-refractivity contribution in [1.82, 2.24) is 0 Å². The molecular formula is C12H22O12. The molecule has 142 valence electrons. The summed E-state index contributed by atoms with van der Waals surface area (Å²) in [5.41, 5.74) is 0. The maximum absolute atomic E-state index is 10.7. The Hall–Kier alpha value is -0.930. The zero-order chi connectivity index (χ0) is 18.6. The van der Waals surface area contributed by atoms with E-state index in [0.717, 1.165) is 0 Å². The molecule has 0 radical (unpaired) electrons. The Labute approximate surface area is 135 Å². The molecular weight excluding hydrogens is 336 g/mol. The largest absolute Gasteiger partial charge is 0.479 e. The lowest BCUT2D eigenvalue weighted by Gasteiger charge is -2.42. The van der Waals surface area contributed by atoms with Crippen molar-refractivity contribution in [1.29, 1.82) is 0 Å². The van der Waals surface area contributed by atoms with E-state index in [2.05, 4.69) is 0 Å². The number of carboxylic acid groups (broad SMARTS) is 1. The van der Waals surface area contributed by atoms with E-state index >= 15 is 0 Å². The van der Waals surface area contributed by atoms with E-state index in [9.17, 15) is 35.4 Å². The highest BCUT2D eigenvalue weighted by atomic mass is 16.7. The quantitative estimate of drug-likeness (QED) is 0.198. The second kappa shape index (κ2) is 8.96. The Kier molecular flexibility index (Phi) is 7.88. The molecule has 0 aromatic carbocycles. The maximum atomic E-state index is 10.7. The predicted octanol–water partition coefficient (Wildman–Crippen LogP) is -5.67. The van der Waals surface area contributed by atoms with Crippen LogP contribution in [0, 0.1) is 0 Å². The summed E-state index contributed by atoms with van der Waals surface area (Å²) in [5, 5.41) is 84.5. The fourth-order valence-corrected chi connectivity index (χ4v) is 2.16. The van der Waals surface area contributed by atoms with Crippen LogP contribution in [0.2, 0.25) is 0 Å². The van der Waals surface area contributed by atoms with Gasteiger partial charge in [-0.25, -0.2) is 4.79 Å². The third-order valence-corrected chi connectivity index (χ3v) is 3.62. The van der Waals surface area contributed by atoms with Crippen molar-refractivity contribution >= 4 is 5.97 Å². The number of hydrogen-bond acceptors (Lipinski definition) is 11. The van der Waals surface area contributed by atoms with Crippen molar-refractivity contribution < 1.29 is 60.2 Å². The summed E-state index contributed by atoms with van der Waals surface area (Å²) >= 11 is 0. The molecule has 1 aliphatic heterocycles. The summed E-state index contributed by atoms with van der Waals surface area (Å²) in [4.78, 5) is 10.7. The number of aliphatic hydroxyl groups is 8. The van der Waals surface area contributed by atoms with E-state index in [0.29, 0.717) is 0 Å². The van der Waals surface area contributed by atoms with Crippen molar-refractivity contribution in [2.45, 2.75) is 55.1 Å². The lowest BCUT2D eigenvalue weighted by atomic mass is 9.98. The van der Waals surface area contributed by atoms with Crippen molar-refractivity contribution in [2.24, 2.45) is 0 Å². The summed E-state index contributed by atoms with van der Waals surface area (Å²) in [6.07, 6.45) is -16.9. The van der Waals surface area contributed by atoms with E-state index in [4.69, 9.17) is 24.8 Å². The standard InChI is InChI=1S/C12H22O12/c13-1-3(15)10(7(18)8(19)11(21)22)24-12-9(20)6(17)5(16)4(2-14)23-12/h3-10,12-20H,1-2H2,(H,21,22)/t3-,4+,5-,6-,7-,8+,9+,10+,12-/m0/s1. The van der Waals surface area contributed by atoms with Gasteiger partial charge in [0.2, 0.25) is 0 Å². The number of rotatable bonds is 8. The Balaban J connectivity index is 2.94. The number of carboxylic acids is 1. The van der Waals surface area contributed by atoms with E-state index in [-0.39, 0.29) is 0 Å². The molecule has 1 saturated heterocycles. The highest BCUT2D eigenvalue weighted by molar-refractivity contribution is 5.72. The molecule has 12 heteroatoms. The third-order valence-electron chi connectivity index (χ3n) is 3.62. The first kappa shape index (κ1) is 21.1. The SMILES string of the molecule is O=C(O)[C@H](O)[C@H](O)[C@H](O[C@@H]1O[C@H](CO)[C@H](O)[C@H](O)[C@H]1O)[C@@H](O)CO. The minimum Gasteiger partial charge on any atom is -0.479 e. The van der Waals surface area contributed by atoms with E-state index in [1.807, 2.05) is 0 Å². The lowest BCUT2D eigenvalue weighted by Crippen LogP contribution is -2.61. The van der Waals surface area contributed by atoms with Gasteiger partial charge in [0.1, 0.15) is 42.7 Å². The van der Waals surface area contributed by atoms with Gasteiger partial charge in [0.15, 0.2) is 12.4 Å². The summed E-state index contributed by atoms with van der Waals surface area (Å²) in [7, 11) is 0. The van der Waals surface area contributed by atoms with Crippen molar-refractivity contribution in [3.63, 3.8) is 0 Å². The van der Waals surface area contributed by atoms with Crippen LogP contribution in [0.1, 0.15) is 0 Å². The summed E-state index contributed by atoms with van der Waals surface area (Å²) in [6, 6.07) is 0. The summed E-state index contributed by atoms with van der Waals surface area (Å²) in [6.45, 7) is -1.76. The molecule has 12 nitrogen and oxygen atoms in total. The normalized spacial score (nSPS) is 35.9. The fraction of sp³-hybridized carbons (Fsp3) is 0.917. The lowest BCUT2D eigenvalue weighted by molar-refractivity contribution is -0.326. The summed E-state index contributed by atoms with van der Waals surface area (Å²) in [5.74, 6) is -1.84. The summed E-state index contributed by atoms with van der Waals surface area (Å²) < 4.78 is 9.98. The van der Waals surface area contributed by atoms with Gasteiger partial charge in [0.25, 0.3) is 0 Å². The monoisotopic (exact) mass is 358 g/mol. The number of ether oxygens (including phenoxy) is 2. The van der Waals surface area contributed by atoms with Gasteiger partial charge in [-0.05, 0) is 0 Å². The van der Waals surface area contributed by atoms with Crippen LogP contribution < -0.4 is 0 Å². The molecule has 24 heavy (non-hydrogen) atoms. The van der Waals surface area contributed by atoms with E-state index in [1.165, 1.54) is 0 Å². The van der Waals surface area contributed by atoms with Crippen LogP contribution in [0.15, 0.2) is 0 Å². The predicted molar refractivity (Wildman–Crippen MR) is 71.4 cm³/mol. The van der Waals surface area contributed by atoms with Crippen LogP contribution in [0.3, 0.4) is 0 Å². The molecule has 1 rings (SSSR count). The molecule has 1 fully saturated rings. The molecule has 0 bridgehead atoms. The Morgan fingerprint density at radius 2 is 1.62 bits per heavy atom. The highest BCUT2D eigenvalue weighted by Crippen LogP contribution is 2.24. The van der Waals surface area contributed by atoms with E-state index in [1.54, 1.807) is 0 Å². The smallest absolute Gasteiger partial charge is 0.335 e. The minimum absolute atomic E-state index is 0.766. The van der Waals surface area contributed by atoms with Crippen LogP contribution in [0.25, 0.3) is 0 Å². The molecule has 0 saturated carbocycles. The maximum Gasteiger partial charge on any atom is 0.335 e. The number of aliphatic carboxylic acids is 1. The molecule has 0 amide bonds. The first-order valence-electron chi connectivity index (χ1n) is 6.99. The molecule has 0 spiro atoms. The van der Waals surface area contributed by atoms with Crippen molar-refractivity contribution in [3.8, 4) is 0 Å². The second-order valence-corrected chi connectivity index (χ2v) is 5.32. The van der Waals surface area contributed by atoms with Crippen molar-refractivity contribution in [3.05, 3.63) is 0 Å². The average Bonchev–Trinajstić information content (AvgIpc) is 2.57. The van der Waals surface area contributed by atoms with Crippen molar-refractivity contribution in [2.75, 3.05) is 13.2 Å². The first-order valence-corrected chi connectivity index (χ1v) is 6.99. The van der Waals surface area contributed by atoms with Gasteiger partial charge in [-0.3, -0.25) is 0 Å². The molecule has 0 aromatic rings. The topological polar surface area (TPSA) is 218 Å². The minimum atomic E-state index is -2.39. The highest BCUT2D eigenvalue weighted by Gasteiger charge is 2.47. The molecule has 0 aromatic heterocycles. The number of aliphatic hydroxyl groups excluding tert-OH is 8. The van der Waals surface area contributed by atoms with Gasteiger partial charge in [-0.1, -0.05) is 0 Å². The molecule has 1 aliphatic rings. The second-order valence-electron chi connectivity index (χ2n) is 5.32. The Bertz CT molecular complexity index is 403. The number of carbonyl (C=O) groups is 1. The Morgan fingerprint density at radius 1 is 1.04 bits per heavy atom. The molecule has 0 unspecified atom stereocenters. The molecule has 9 N–H and O–H groups in total. The van der Waals surface area contributed by atoms with Gasteiger partial charge >= 0.3 is 5.97 Å². The average molecular weight is 358 g/mol. The number of hydrogen-bond donors (Lipinski definition) is 9. The van der Waals surface area contributed by atoms with Crippen LogP contribution in [0.4, 0.5) is 0 Å². The third kappa shape index (κ3) is 4.58. The van der Waals surface area contributed by atoms with Crippen LogP contribution >= 0.6 is 0 Å². The van der Waals surface area contributed by atoms with Crippen LogP contribution in [0.5, 0.6) is 0 Å². The van der Waals surface area contributed by atoms with Gasteiger partial charge in [0, 0.05) is 0 Å². The van der Waals surface area contributed by atoms with Crippen LogP contribution in [-0.2, 0) is 14.3 Å². The van der Waals surface area contributed by atoms with Crippen LogP contribution in [-0.4, -0.2) is 120 Å². The van der Waals surface area contributed by atoms with E-state index < -0.39 is 74.3 Å². The van der Waals surface area contributed by atoms with Gasteiger partial charge < -0.3 is 55.4 Å². The Morgan fingerprint density at radius 3 is 2.08 bits per heavy atom. The van der Waals surface area contributed by atoms with Gasteiger partial charge in [-0.15, -0.1) is 0 Å². The zero-order valence-corrected chi connectivity index (χ0v) is 12.4. The first-order chi connectivity index (χ1) is 11.1. The molecule has 9 atom stereocenters. The molecule has 0 aliphatic carbocycles. The van der Waals surface area contributed by atoms with Gasteiger partial charge in [-0.2, -0.15) is 0 Å². The molecule has 1 heterocycles.